The minimum Gasteiger partial charge on any atom is -0.480 e. The number of hydrogen-bond donors (Lipinski definition) is 2. The van der Waals surface area contributed by atoms with Crippen molar-refractivity contribution in [2.24, 2.45) is 0 Å². The summed E-state index contributed by atoms with van der Waals surface area (Å²) in [7, 11) is 1.39. The Kier molecular flexibility index (Phi) is 6.70. The van der Waals surface area contributed by atoms with Crippen LogP contribution in [0, 0.1) is 0 Å². The van der Waals surface area contributed by atoms with Crippen LogP contribution in [0.3, 0.4) is 0 Å². The van der Waals surface area contributed by atoms with E-state index in [0.29, 0.717) is 0 Å². The van der Waals surface area contributed by atoms with Gasteiger partial charge >= 0.3 is 5.97 Å². The number of thioether (sulfide) groups is 1. The molecule has 1 atom stereocenters. The summed E-state index contributed by atoms with van der Waals surface area (Å²) in [6.07, 6.45) is 0. The predicted octanol–water partition coefficient (Wildman–Crippen LogP) is 2.54. The van der Waals surface area contributed by atoms with Crippen LogP contribution in [0.5, 0.6) is 0 Å². The fourth-order valence-corrected chi connectivity index (χ4v) is 2.79. The number of halogens is 1. The molecule has 1 rings (SSSR count). The van der Waals surface area contributed by atoms with Crippen LogP contribution in [-0.2, 0) is 14.3 Å². The average molecular weight is 376 g/mol. The van der Waals surface area contributed by atoms with E-state index in [0.717, 1.165) is 9.37 Å². The molecule has 1 aromatic carbocycles. The standard InChI is InChI=1S/C14H18BrNO4S/c1-14(2,21-10-6-4-9(15)5-7-10)13(19)16-11(8-20-3)12(17)18/h4-7,11H,8H2,1-3H3,(H,16,19)(H,17,18). The average Bonchev–Trinajstić information content (AvgIpc) is 2.40. The number of hydrogen-bond acceptors (Lipinski definition) is 4. The minimum atomic E-state index is -1.12. The van der Waals surface area contributed by atoms with Crippen LogP contribution >= 0.6 is 27.7 Å². The van der Waals surface area contributed by atoms with Crippen molar-refractivity contribution >= 4 is 39.6 Å². The van der Waals surface area contributed by atoms with Crippen LogP contribution in [0.4, 0.5) is 0 Å². The van der Waals surface area contributed by atoms with E-state index in [9.17, 15) is 9.59 Å². The Morgan fingerprint density at radius 1 is 1.38 bits per heavy atom. The largest absolute Gasteiger partial charge is 0.480 e. The topological polar surface area (TPSA) is 75.6 Å². The first kappa shape index (κ1) is 18.0. The van der Waals surface area contributed by atoms with Crippen LogP contribution in [-0.4, -0.2) is 41.5 Å². The first-order valence-corrected chi connectivity index (χ1v) is 7.84. The van der Waals surface area contributed by atoms with Crippen molar-refractivity contribution in [3.05, 3.63) is 28.7 Å². The molecule has 0 saturated heterocycles. The Labute approximate surface area is 136 Å². The van der Waals surface area contributed by atoms with E-state index in [-0.39, 0.29) is 12.5 Å². The van der Waals surface area contributed by atoms with Gasteiger partial charge in [-0.05, 0) is 38.1 Å². The maximum Gasteiger partial charge on any atom is 0.328 e. The molecular weight excluding hydrogens is 358 g/mol. The smallest absolute Gasteiger partial charge is 0.328 e. The molecule has 0 spiro atoms. The molecule has 1 aromatic rings. The normalized spacial score (nSPS) is 12.8. The summed E-state index contributed by atoms with van der Waals surface area (Å²) >= 11 is 4.72. The van der Waals surface area contributed by atoms with Crippen molar-refractivity contribution in [1.29, 1.82) is 0 Å². The second kappa shape index (κ2) is 7.82. The predicted molar refractivity (Wildman–Crippen MR) is 85.5 cm³/mol. The Hall–Kier alpha value is -1.05. The Morgan fingerprint density at radius 3 is 2.43 bits per heavy atom. The molecule has 116 valence electrons. The molecule has 0 aliphatic heterocycles. The highest BCUT2D eigenvalue weighted by molar-refractivity contribution is 9.10. The molecule has 0 aromatic heterocycles. The lowest BCUT2D eigenvalue weighted by Crippen LogP contribution is -2.50. The lowest BCUT2D eigenvalue weighted by atomic mass is 10.1. The SMILES string of the molecule is COCC(NC(=O)C(C)(C)Sc1ccc(Br)cc1)C(=O)O. The van der Waals surface area contributed by atoms with Crippen LogP contribution in [0.25, 0.3) is 0 Å². The quantitative estimate of drug-likeness (QED) is 0.716. The highest BCUT2D eigenvalue weighted by atomic mass is 79.9. The first-order valence-electron chi connectivity index (χ1n) is 6.23. The van der Waals surface area contributed by atoms with Gasteiger partial charge in [-0.2, -0.15) is 0 Å². The first-order chi connectivity index (χ1) is 9.76. The van der Waals surface area contributed by atoms with E-state index in [1.807, 2.05) is 24.3 Å². The molecule has 1 amide bonds. The van der Waals surface area contributed by atoms with Crippen molar-refractivity contribution in [3.63, 3.8) is 0 Å². The summed E-state index contributed by atoms with van der Waals surface area (Å²) in [5, 5.41) is 11.5. The number of carboxylic acids is 1. The van der Waals surface area contributed by atoms with Gasteiger partial charge in [0, 0.05) is 16.5 Å². The minimum absolute atomic E-state index is 0.0693. The molecule has 0 aliphatic rings. The Bertz CT molecular complexity index is 504. The molecule has 0 fully saturated rings. The fraction of sp³-hybridized carbons (Fsp3) is 0.429. The molecular formula is C14H18BrNO4S. The highest BCUT2D eigenvalue weighted by Gasteiger charge is 2.32. The maximum atomic E-state index is 12.3. The number of aliphatic carboxylic acids is 1. The van der Waals surface area contributed by atoms with E-state index in [1.165, 1.54) is 18.9 Å². The van der Waals surface area contributed by atoms with E-state index in [4.69, 9.17) is 9.84 Å². The van der Waals surface area contributed by atoms with Crippen molar-refractivity contribution in [1.82, 2.24) is 5.32 Å². The van der Waals surface area contributed by atoms with Gasteiger partial charge in [0.25, 0.3) is 0 Å². The summed E-state index contributed by atoms with van der Waals surface area (Å²) < 4.78 is 4.96. The number of carbonyl (C=O) groups excluding carboxylic acids is 1. The molecule has 1 unspecified atom stereocenters. The molecule has 21 heavy (non-hydrogen) atoms. The van der Waals surface area contributed by atoms with Crippen molar-refractivity contribution in [2.75, 3.05) is 13.7 Å². The molecule has 0 saturated carbocycles. The van der Waals surface area contributed by atoms with Crippen LogP contribution in [0.2, 0.25) is 0 Å². The van der Waals surface area contributed by atoms with Crippen LogP contribution in [0.15, 0.2) is 33.6 Å². The van der Waals surface area contributed by atoms with Crippen molar-refractivity contribution in [3.8, 4) is 0 Å². The van der Waals surface area contributed by atoms with Gasteiger partial charge in [-0.1, -0.05) is 15.9 Å². The molecule has 0 bridgehead atoms. The van der Waals surface area contributed by atoms with Gasteiger partial charge in [0.05, 0.1) is 11.4 Å². The van der Waals surface area contributed by atoms with Gasteiger partial charge in [0.15, 0.2) is 6.04 Å². The summed E-state index contributed by atoms with van der Waals surface area (Å²) in [5.41, 5.74) is 0. The van der Waals surface area contributed by atoms with Gasteiger partial charge in [0.2, 0.25) is 5.91 Å². The molecule has 5 nitrogen and oxygen atoms in total. The van der Waals surface area contributed by atoms with Gasteiger partial charge in [-0.3, -0.25) is 4.79 Å². The number of carboxylic acid groups (broad SMARTS) is 1. The second-order valence-corrected chi connectivity index (χ2v) is 7.50. The summed E-state index contributed by atoms with van der Waals surface area (Å²) in [4.78, 5) is 24.2. The third-order valence-electron chi connectivity index (χ3n) is 2.67. The summed E-state index contributed by atoms with van der Waals surface area (Å²) in [6, 6.07) is 6.52. The fourth-order valence-electron chi connectivity index (χ4n) is 1.52. The summed E-state index contributed by atoms with van der Waals surface area (Å²) in [5.74, 6) is -1.46. The number of methoxy groups -OCH3 is 1. The number of carbonyl (C=O) groups is 2. The van der Waals surface area contributed by atoms with E-state index >= 15 is 0 Å². The zero-order valence-corrected chi connectivity index (χ0v) is 14.5. The Balaban J connectivity index is 2.74. The lowest BCUT2D eigenvalue weighted by molar-refractivity contribution is -0.143. The lowest BCUT2D eigenvalue weighted by Gasteiger charge is -2.25. The van der Waals surface area contributed by atoms with E-state index in [2.05, 4.69) is 21.2 Å². The number of ether oxygens (including phenoxy) is 1. The second-order valence-electron chi connectivity index (χ2n) is 4.89. The van der Waals surface area contributed by atoms with Crippen molar-refractivity contribution < 1.29 is 19.4 Å². The third-order valence-corrected chi connectivity index (χ3v) is 4.40. The van der Waals surface area contributed by atoms with E-state index in [1.54, 1.807) is 13.8 Å². The Morgan fingerprint density at radius 2 is 1.95 bits per heavy atom. The van der Waals surface area contributed by atoms with Gasteiger partial charge in [0.1, 0.15) is 0 Å². The van der Waals surface area contributed by atoms with Crippen LogP contribution in [0.1, 0.15) is 13.8 Å². The van der Waals surface area contributed by atoms with Crippen LogP contribution < -0.4 is 5.32 Å². The number of nitrogens with one attached hydrogen (secondary N) is 1. The molecule has 0 heterocycles. The highest BCUT2D eigenvalue weighted by Crippen LogP contribution is 2.33. The van der Waals surface area contributed by atoms with Gasteiger partial charge < -0.3 is 15.2 Å². The number of benzene rings is 1. The maximum absolute atomic E-state index is 12.3. The molecule has 0 radical (unpaired) electrons. The molecule has 0 aliphatic carbocycles. The van der Waals surface area contributed by atoms with Crippen molar-refractivity contribution in [2.45, 2.75) is 29.5 Å². The molecule has 2 N–H and O–H groups in total. The zero-order chi connectivity index (χ0) is 16.0. The molecule has 7 heteroatoms. The zero-order valence-electron chi connectivity index (χ0n) is 12.1. The third kappa shape index (κ3) is 5.68. The number of amides is 1. The van der Waals surface area contributed by atoms with E-state index < -0.39 is 16.8 Å². The van der Waals surface area contributed by atoms with Gasteiger partial charge in [-0.15, -0.1) is 11.8 Å². The number of rotatable bonds is 7. The monoisotopic (exact) mass is 375 g/mol. The summed E-state index contributed by atoms with van der Waals surface area (Å²) in [6.45, 7) is 3.43. The van der Waals surface area contributed by atoms with Gasteiger partial charge in [-0.25, -0.2) is 4.79 Å².